The van der Waals surface area contributed by atoms with E-state index in [1.807, 2.05) is 24.3 Å². The van der Waals surface area contributed by atoms with Crippen LogP contribution in [-0.4, -0.2) is 6.61 Å². The van der Waals surface area contributed by atoms with Crippen LogP contribution >= 0.6 is 39.1 Å². The van der Waals surface area contributed by atoms with Gasteiger partial charge >= 0.3 is 0 Å². The van der Waals surface area contributed by atoms with E-state index in [1.165, 1.54) is 0 Å². The van der Waals surface area contributed by atoms with Crippen LogP contribution in [0.4, 0.5) is 0 Å². The summed E-state index contributed by atoms with van der Waals surface area (Å²) in [5.74, 6) is 0.834. The fraction of sp³-hybridized carbons (Fsp3) is 0.400. The molecule has 0 saturated carbocycles. The molecule has 1 aromatic rings. The monoisotopic (exact) mass is 296 g/mol. The van der Waals surface area contributed by atoms with Gasteiger partial charge in [-0.25, -0.2) is 0 Å². The van der Waals surface area contributed by atoms with E-state index in [9.17, 15) is 0 Å². The molecule has 78 valence electrons. The molecule has 0 fully saturated rings. The highest BCUT2D eigenvalue weighted by Gasteiger charge is 2.21. The van der Waals surface area contributed by atoms with Gasteiger partial charge in [-0.3, -0.25) is 0 Å². The van der Waals surface area contributed by atoms with E-state index in [4.69, 9.17) is 27.9 Å². The van der Waals surface area contributed by atoms with Crippen LogP contribution in [0.1, 0.15) is 18.9 Å². The van der Waals surface area contributed by atoms with Gasteiger partial charge in [-0.2, -0.15) is 0 Å². The Kier molecular flexibility index (Phi) is 4.55. The van der Waals surface area contributed by atoms with Gasteiger partial charge in [0, 0.05) is 0 Å². The summed E-state index contributed by atoms with van der Waals surface area (Å²) in [6.07, 6.45) is 0.995. The minimum Gasteiger partial charge on any atom is -0.494 e. The second-order valence-electron chi connectivity index (χ2n) is 2.87. The van der Waals surface area contributed by atoms with E-state index in [2.05, 4.69) is 22.9 Å². The number of alkyl halides is 3. The SMILES string of the molecule is CCCOc1ccc(C(Cl)(Cl)Br)cc1. The molecule has 14 heavy (non-hydrogen) atoms. The lowest BCUT2D eigenvalue weighted by Gasteiger charge is -2.12. The van der Waals surface area contributed by atoms with Gasteiger partial charge in [0.05, 0.1) is 6.61 Å². The van der Waals surface area contributed by atoms with E-state index in [-0.39, 0.29) is 0 Å². The molecule has 0 heterocycles. The average Bonchev–Trinajstić information content (AvgIpc) is 2.14. The van der Waals surface area contributed by atoms with Crippen LogP contribution in [-0.2, 0) is 3.24 Å². The normalized spacial score (nSPS) is 11.4. The van der Waals surface area contributed by atoms with Crippen LogP contribution < -0.4 is 4.74 Å². The molecule has 0 atom stereocenters. The fourth-order valence-corrected chi connectivity index (χ4v) is 1.48. The first-order valence-corrected chi connectivity index (χ1v) is 5.89. The van der Waals surface area contributed by atoms with Gasteiger partial charge in [0.15, 0.2) is 3.24 Å². The molecule has 1 rings (SSSR count). The molecule has 0 radical (unpaired) electrons. The number of rotatable bonds is 4. The number of benzene rings is 1. The van der Waals surface area contributed by atoms with E-state index in [0.29, 0.717) is 0 Å². The standard InChI is InChI=1S/C10H11BrCl2O/c1-2-7-14-9-5-3-8(4-6-9)10(11,12)13/h3-6H,2,7H2,1H3. The molecule has 0 unspecified atom stereocenters. The average molecular weight is 298 g/mol. The Balaban J connectivity index is 2.69. The number of halogens is 3. The maximum Gasteiger partial charge on any atom is 0.197 e. The largest absolute Gasteiger partial charge is 0.494 e. The molecule has 0 aliphatic rings. The molecule has 0 bridgehead atoms. The lowest BCUT2D eigenvalue weighted by Crippen LogP contribution is -1.99. The van der Waals surface area contributed by atoms with Gasteiger partial charge in [0.25, 0.3) is 0 Å². The lowest BCUT2D eigenvalue weighted by molar-refractivity contribution is 0.317. The van der Waals surface area contributed by atoms with Crippen molar-refractivity contribution in [1.82, 2.24) is 0 Å². The first-order chi connectivity index (χ1) is 6.54. The van der Waals surface area contributed by atoms with Gasteiger partial charge in [0.2, 0.25) is 0 Å². The predicted molar refractivity (Wildman–Crippen MR) is 64.5 cm³/mol. The second-order valence-corrected chi connectivity index (χ2v) is 6.30. The molecule has 0 spiro atoms. The van der Waals surface area contributed by atoms with Gasteiger partial charge in [-0.1, -0.05) is 42.3 Å². The predicted octanol–water partition coefficient (Wildman–Crippen LogP) is 4.46. The Morgan fingerprint density at radius 3 is 2.29 bits per heavy atom. The van der Waals surface area contributed by atoms with Gasteiger partial charge in [-0.15, -0.1) is 0 Å². The Hall–Kier alpha value is 0.0800. The van der Waals surface area contributed by atoms with Crippen molar-refractivity contribution in [3.05, 3.63) is 29.8 Å². The maximum absolute atomic E-state index is 5.86. The minimum absolute atomic E-state index is 0.723. The third-order valence-electron chi connectivity index (χ3n) is 1.65. The quantitative estimate of drug-likeness (QED) is 0.746. The zero-order chi connectivity index (χ0) is 10.6. The van der Waals surface area contributed by atoms with Crippen molar-refractivity contribution in [3.8, 4) is 5.75 Å². The highest BCUT2D eigenvalue weighted by atomic mass is 79.9. The van der Waals surface area contributed by atoms with Gasteiger partial charge < -0.3 is 4.74 Å². The van der Waals surface area contributed by atoms with Crippen LogP contribution in [0.5, 0.6) is 5.75 Å². The minimum atomic E-state index is -1.02. The molecule has 1 aromatic carbocycles. The zero-order valence-corrected chi connectivity index (χ0v) is 10.9. The number of ether oxygens (including phenoxy) is 1. The summed E-state index contributed by atoms with van der Waals surface area (Å²) in [4.78, 5) is 0. The van der Waals surface area contributed by atoms with E-state index < -0.39 is 3.24 Å². The van der Waals surface area contributed by atoms with Crippen LogP contribution in [0.15, 0.2) is 24.3 Å². The van der Waals surface area contributed by atoms with Crippen molar-refractivity contribution >= 4 is 39.1 Å². The maximum atomic E-state index is 5.86. The summed E-state index contributed by atoms with van der Waals surface area (Å²) >= 11 is 14.9. The van der Waals surface area contributed by atoms with E-state index in [1.54, 1.807) is 0 Å². The molecule has 0 N–H and O–H groups in total. The van der Waals surface area contributed by atoms with E-state index >= 15 is 0 Å². The first kappa shape index (κ1) is 12.2. The van der Waals surface area contributed by atoms with Gasteiger partial charge in [0.1, 0.15) is 5.75 Å². The highest BCUT2D eigenvalue weighted by molar-refractivity contribution is 9.10. The Morgan fingerprint density at radius 2 is 1.86 bits per heavy atom. The Morgan fingerprint density at radius 1 is 1.29 bits per heavy atom. The molecule has 0 aliphatic carbocycles. The summed E-state index contributed by atoms with van der Waals surface area (Å²) < 4.78 is 4.40. The van der Waals surface area contributed by atoms with Crippen LogP contribution in [0.2, 0.25) is 0 Å². The van der Waals surface area contributed by atoms with Crippen LogP contribution in [0.25, 0.3) is 0 Å². The molecule has 0 amide bonds. The van der Waals surface area contributed by atoms with Crippen LogP contribution in [0.3, 0.4) is 0 Å². The molecule has 0 aliphatic heterocycles. The number of hydrogen-bond donors (Lipinski definition) is 0. The van der Waals surface area contributed by atoms with Crippen LogP contribution in [0, 0.1) is 0 Å². The van der Waals surface area contributed by atoms with E-state index in [0.717, 1.165) is 24.3 Å². The summed E-state index contributed by atoms with van der Waals surface area (Å²) in [6, 6.07) is 7.37. The fourth-order valence-electron chi connectivity index (χ4n) is 0.960. The zero-order valence-electron chi connectivity index (χ0n) is 7.77. The third-order valence-corrected chi connectivity index (χ3v) is 2.55. The lowest BCUT2D eigenvalue weighted by atomic mass is 10.2. The summed E-state index contributed by atoms with van der Waals surface area (Å²) in [5, 5.41) is 0. The van der Waals surface area contributed by atoms with Crippen molar-refractivity contribution in [1.29, 1.82) is 0 Å². The highest BCUT2D eigenvalue weighted by Crippen LogP contribution is 2.40. The third kappa shape index (κ3) is 3.68. The summed E-state index contributed by atoms with van der Waals surface area (Å²) in [6.45, 7) is 2.79. The molecule has 1 nitrogen and oxygen atoms in total. The molecular formula is C10H11BrCl2O. The Bertz CT molecular complexity index is 279. The molecule has 4 heteroatoms. The van der Waals surface area contributed by atoms with Crippen molar-refractivity contribution in [3.63, 3.8) is 0 Å². The molecule has 0 saturated heterocycles. The van der Waals surface area contributed by atoms with Gasteiger partial charge in [-0.05, 0) is 40.0 Å². The smallest absolute Gasteiger partial charge is 0.197 e. The second kappa shape index (κ2) is 5.24. The summed E-state index contributed by atoms with van der Waals surface area (Å²) in [5.41, 5.74) is 0.796. The number of hydrogen-bond acceptors (Lipinski definition) is 1. The Labute approximate surface area is 102 Å². The molecular weight excluding hydrogens is 287 g/mol. The molecule has 0 aromatic heterocycles. The van der Waals surface area contributed by atoms with Crippen molar-refractivity contribution in [2.24, 2.45) is 0 Å². The summed E-state index contributed by atoms with van der Waals surface area (Å²) in [7, 11) is 0. The van der Waals surface area contributed by atoms with Crippen molar-refractivity contribution in [2.45, 2.75) is 16.6 Å². The van der Waals surface area contributed by atoms with Crippen molar-refractivity contribution in [2.75, 3.05) is 6.61 Å². The topological polar surface area (TPSA) is 9.23 Å². The van der Waals surface area contributed by atoms with Crippen molar-refractivity contribution < 1.29 is 4.74 Å². The first-order valence-electron chi connectivity index (χ1n) is 4.34.